The summed E-state index contributed by atoms with van der Waals surface area (Å²) in [6.07, 6.45) is 0.0964. The third-order valence-corrected chi connectivity index (χ3v) is 6.50. The molecule has 178 valence electrons. The predicted octanol–water partition coefficient (Wildman–Crippen LogP) is 4.77. The number of nitrogens with zero attached hydrogens (tertiary/aromatic N) is 2. The van der Waals surface area contributed by atoms with E-state index >= 15 is 0 Å². The van der Waals surface area contributed by atoms with Crippen molar-refractivity contribution < 1.29 is 19.1 Å². The van der Waals surface area contributed by atoms with E-state index in [-0.39, 0.29) is 0 Å². The second kappa shape index (κ2) is 9.99. The van der Waals surface area contributed by atoms with Crippen LogP contribution in [0.5, 0.6) is 5.75 Å². The van der Waals surface area contributed by atoms with Gasteiger partial charge in [0, 0.05) is 47.2 Å². The largest absolute Gasteiger partial charge is 0.495 e. The first-order valence-corrected chi connectivity index (χ1v) is 11.6. The number of para-hydroxylation sites is 1. The highest BCUT2D eigenvalue weighted by molar-refractivity contribution is 6.31. The molecule has 1 aliphatic rings. The van der Waals surface area contributed by atoms with Crippen molar-refractivity contribution in [2.24, 2.45) is 0 Å². The summed E-state index contributed by atoms with van der Waals surface area (Å²) in [6.45, 7) is 5.11. The van der Waals surface area contributed by atoms with Gasteiger partial charge in [0.05, 0.1) is 23.9 Å². The third-order valence-electron chi connectivity index (χ3n) is 6.09. The molecule has 0 bridgehead atoms. The Labute approximate surface area is 204 Å². The van der Waals surface area contributed by atoms with Crippen LogP contribution in [0.25, 0.3) is 10.9 Å². The van der Waals surface area contributed by atoms with Crippen molar-refractivity contribution in [1.82, 2.24) is 9.88 Å². The number of hydrogen-bond acceptors (Lipinski definition) is 6. The molecule has 2 aromatic carbocycles. The van der Waals surface area contributed by atoms with E-state index in [0.29, 0.717) is 35.0 Å². The lowest BCUT2D eigenvalue weighted by atomic mass is 9.96. The number of carbonyl (C=O) groups is 2. The quantitative estimate of drug-likeness (QED) is 0.511. The van der Waals surface area contributed by atoms with Crippen molar-refractivity contribution in [3.8, 4) is 5.75 Å². The Morgan fingerprint density at radius 2 is 2.03 bits per heavy atom. The van der Waals surface area contributed by atoms with E-state index in [1.807, 2.05) is 38.2 Å². The van der Waals surface area contributed by atoms with E-state index in [1.54, 1.807) is 19.1 Å². The molecule has 1 aromatic heterocycles. The Kier molecular flexibility index (Phi) is 7.05. The zero-order chi connectivity index (χ0) is 24.4. The maximum atomic E-state index is 13.5. The summed E-state index contributed by atoms with van der Waals surface area (Å²) in [4.78, 5) is 33.5. The molecular formula is C26H28ClN3O4. The summed E-state index contributed by atoms with van der Waals surface area (Å²) < 4.78 is 11.1. The molecule has 1 aliphatic heterocycles. The van der Waals surface area contributed by atoms with Gasteiger partial charge in [0.25, 0.3) is 5.91 Å². The van der Waals surface area contributed by atoms with Crippen LogP contribution in [0.15, 0.2) is 36.4 Å². The maximum Gasteiger partial charge on any atom is 0.340 e. The molecule has 0 fully saturated rings. The fourth-order valence-corrected chi connectivity index (χ4v) is 4.37. The van der Waals surface area contributed by atoms with Crippen molar-refractivity contribution in [3.63, 3.8) is 0 Å². The number of aryl methyl sites for hydroxylation is 1. The summed E-state index contributed by atoms with van der Waals surface area (Å²) in [5, 5.41) is 4.09. The number of anilines is 1. The molecule has 2 heterocycles. The zero-order valence-electron chi connectivity index (χ0n) is 19.8. The van der Waals surface area contributed by atoms with Gasteiger partial charge in [0.15, 0.2) is 6.10 Å². The number of rotatable bonds is 6. The molecule has 0 spiro atoms. The number of benzene rings is 2. The van der Waals surface area contributed by atoms with Crippen molar-refractivity contribution in [1.29, 1.82) is 0 Å². The van der Waals surface area contributed by atoms with Gasteiger partial charge in [0.2, 0.25) is 0 Å². The van der Waals surface area contributed by atoms with Crippen LogP contribution in [0.4, 0.5) is 5.69 Å². The topological polar surface area (TPSA) is 80.8 Å². The first-order chi connectivity index (χ1) is 16.3. The second-order valence-corrected chi connectivity index (χ2v) is 8.92. The monoisotopic (exact) mass is 481 g/mol. The minimum absolute atomic E-state index is 0.317. The fourth-order valence-electron chi connectivity index (χ4n) is 4.21. The molecule has 1 amide bonds. The van der Waals surface area contributed by atoms with E-state index in [4.69, 9.17) is 26.1 Å². The molecule has 1 unspecified atom stereocenters. The van der Waals surface area contributed by atoms with Crippen LogP contribution in [-0.4, -0.2) is 48.6 Å². The van der Waals surface area contributed by atoms with Gasteiger partial charge in [-0.15, -0.1) is 0 Å². The predicted molar refractivity (Wildman–Crippen MR) is 133 cm³/mol. The van der Waals surface area contributed by atoms with E-state index < -0.39 is 18.0 Å². The number of fused-ring (bicyclic) bond motifs is 2. The highest BCUT2D eigenvalue weighted by Crippen LogP contribution is 2.32. The van der Waals surface area contributed by atoms with Gasteiger partial charge in [-0.1, -0.05) is 36.7 Å². The molecule has 4 rings (SSSR count). The van der Waals surface area contributed by atoms with E-state index in [9.17, 15) is 9.59 Å². The highest BCUT2D eigenvalue weighted by Gasteiger charge is 2.29. The zero-order valence-corrected chi connectivity index (χ0v) is 20.5. The van der Waals surface area contributed by atoms with Crippen molar-refractivity contribution in [2.45, 2.75) is 39.3 Å². The molecule has 8 heteroatoms. The van der Waals surface area contributed by atoms with Crippen LogP contribution < -0.4 is 10.1 Å². The number of esters is 1. The lowest BCUT2D eigenvalue weighted by molar-refractivity contribution is -0.124. The van der Waals surface area contributed by atoms with Crippen LogP contribution in [0.2, 0.25) is 5.02 Å². The lowest BCUT2D eigenvalue weighted by Gasteiger charge is -2.27. The SMILES string of the molecule is CCC(OC(=O)c1c2c(nc3ccccc13)CCN(C)C2)C(=O)Nc1cc(C)c(Cl)cc1OC. The van der Waals surface area contributed by atoms with Crippen LogP contribution in [0.3, 0.4) is 0 Å². The van der Waals surface area contributed by atoms with E-state index in [2.05, 4.69) is 10.2 Å². The number of carbonyl (C=O) groups excluding carboxylic acids is 2. The molecule has 3 aromatic rings. The summed E-state index contributed by atoms with van der Waals surface area (Å²) in [5.41, 5.74) is 4.26. The molecule has 1 N–H and O–H groups in total. The van der Waals surface area contributed by atoms with Gasteiger partial charge in [-0.2, -0.15) is 0 Å². The minimum Gasteiger partial charge on any atom is -0.495 e. The Balaban J connectivity index is 1.64. The van der Waals surface area contributed by atoms with Gasteiger partial charge in [-0.25, -0.2) is 4.79 Å². The van der Waals surface area contributed by atoms with Crippen LogP contribution >= 0.6 is 11.6 Å². The van der Waals surface area contributed by atoms with Gasteiger partial charge in [-0.3, -0.25) is 9.78 Å². The van der Waals surface area contributed by atoms with Gasteiger partial charge >= 0.3 is 5.97 Å². The third kappa shape index (κ3) is 4.72. The normalized spacial score (nSPS) is 14.4. The van der Waals surface area contributed by atoms with Gasteiger partial charge < -0.3 is 19.7 Å². The maximum absolute atomic E-state index is 13.5. The number of ether oxygens (including phenoxy) is 2. The van der Waals surface area contributed by atoms with Crippen molar-refractivity contribution in [2.75, 3.05) is 26.0 Å². The number of likely N-dealkylation sites (N-methyl/N-ethyl adjacent to an activating group) is 1. The number of methoxy groups -OCH3 is 1. The lowest BCUT2D eigenvalue weighted by Crippen LogP contribution is -2.34. The molecule has 34 heavy (non-hydrogen) atoms. The van der Waals surface area contributed by atoms with Crippen molar-refractivity contribution in [3.05, 3.63) is 63.8 Å². The van der Waals surface area contributed by atoms with Gasteiger partial charge in [-0.05, 0) is 38.1 Å². The molecule has 7 nitrogen and oxygen atoms in total. The number of aromatic nitrogens is 1. The van der Waals surface area contributed by atoms with Crippen LogP contribution in [0.1, 0.15) is 40.5 Å². The molecule has 0 aliphatic carbocycles. The van der Waals surface area contributed by atoms with Crippen molar-refractivity contribution >= 4 is 40.1 Å². The Morgan fingerprint density at radius 1 is 1.26 bits per heavy atom. The number of amides is 1. The fraction of sp³-hybridized carbons (Fsp3) is 0.346. The number of nitrogens with one attached hydrogen (secondary N) is 1. The van der Waals surface area contributed by atoms with E-state index in [0.717, 1.165) is 40.7 Å². The molecular weight excluding hydrogens is 454 g/mol. The van der Waals surface area contributed by atoms with E-state index in [1.165, 1.54) is 7.11 Å². The highest BCUT2D eigenvalue weighted by atomic mass is 35.5. The first kappa shape index (κ1) is 24.0. The first-order valence-electron chi connectivity index (χ1n) is 11.3. The Morgan fingerprint density at radius 3 is 2.76 bits per heavy atom. The number of halogens is 1. The summed E-state index contributed by atoms with van der Waals surface area (Å²) in [6, 6.07) is 10.9. The smallest absolute Gasteiger partial charge is 0.340 e. The number of hydrogen-bond donors (Lipinski definition) is 1. The second-order valence-electron chi connectivity index (χ2n) is 8.51. The Bertz CT molecular complexity index is 1260. The van der Waals surface area contributed by atoms with Crippen LogP contribution in [0, 0.1) is 6.92 Å². The average molecular weight is 482 g/mol. The standard InChI is InChI=1S/C26H28ClN3O4/c1-5-22(25(31)29-21-12-15(2)18(27)13-23(21)33-4)34-26(32)24-16-8-6-7-9-19(16)28-20-10-11-30(3)14-17(20)24/h6-9,12-13,22H,5,10-11,14H2,1-4H3,(H,29,31). The summed E-state index contributed by atoms with van der Waals surface area (Å²) in [5.74, 6) is -0.519. The minimum atomic E-state index is -0.975. The molecule has 1 atom stereocenters. The van der Waals surface area contributed by atoms with Gasteiger partial charge in [0.1, 0.15) is 5.75 Å². The number of pyridine rings is 1. The summed E-state index contributed by atoms with van der Waals surface area (Å²) >= 11 is 6.17. The summed E-state index contributed by atoms with van der Waals surface area (Å²) in [7, 11) is 3.51. The van der Waals surface area contributed by atoms with Crippen LogP contribution in [-0.2, 0) is 22.5 Å². The molecule has 0 radical (unpaired) electrons. The molecule has 0 saturated heterocycles. The average Bonchev–Trinajstić information content (AvgIpc) is 2.82. The Hall–Kier alpha value is -3.16. The molecule has 0 saturated carbocycles.